The predicted octanol–water partition coefficient (Wildman–Crippen LogP) is 2.91. The van der Waals surface area contributed by atoms with E-state index >= 15 is 0 Å². The Labute approximate surface area is 167 Å². The highest BCUT2D eigenvalue weighted by Gasteiger charge is 2.27. The van der Waals surface area contributed by atoms with Crippen LogP contribution in [0.15, 0.2) is 33.7 Å². The van der Waals surface area contributed by atoms with E-state index in [1.54, 1.807) is 26.4 Å². The average Bonchev–Trinajstić information content (AvgIpc) is 3.02. The van der Waals surface area contributed by atoms with Crippen LogP contribution in [0.25, 0.3) is 22.6 Å². The van der Waals surface area contributed by atoms with Crippen LogP contribution in [-0.4, -0.2) is 34.1 Å². The maximum absolute atomic E-state index is 13.1. The molecule has 0 aliphatic carbocycles. The van der Waals surface area contributed by atoms with Crippen LogP contribution in [-0.2, 0) is 25.5 Å². The van der Waals surface area contributed by atoms with E-state index in [4.69, 9.17) is 4.98 Å². The van der Waals surface area contributed by atoms with E-state index in [1.165, 1.54) is 4.57 Å². The maximum atomic E-state index is 13.1. The van der Waals surface area contributed by atoms with E-state index in [2.05, 4.69) is 9.38 Å². The zero-order valence-electron chi connectivity index (χ0n) is 17.3. The molecule has 0 amide bonds. The van der Waals surface area contributed by atoms with Crippen molar-refractivity contribution in [3.63, 3.8) is 0 Å². The fourth-order valence-corrected chi connectivity index (χ4v) is 3.51. The Hall–Kier alpha value is -2.45. The van der Waals surface area contributed by atoms with E-state index < -0.39 is 16.1 Å². The van der Waals surface area contributed by atoms with Gasteiger partial charge in [-0.25, -0.2) is 9.97 Å². The summed E-state index contributed by atoms with van der Waals surface area (Å²) in [5.41, 5.74) is 2.60. The van der Waals surface area contributed by atoms with Crippen LogP contribution in [0.3, 0.4) is 0 Å². The molecule has 7 nitrogen and oxygen atoms in total. The lowest BCUT2D eigenvalue weighted by Gasteiger charge is -2.19. The number of aromatic nitrogens is 4. The van der Waals surface area contributed by atoms with Crippen LogP contribution < -0.4 is 5.56 Å². The molecule has 2 heterocycles. The standard InChI is InChI=1S/C20H25N5O2S/c1-12-10-14(13(2)23-28(27)20(3,4)5)16-15(11-12)19(26)25(7)18(22-16)17-21-8-9-24(17)6/h8-11H,1-7H3/b23-13-/t28-/m1/s1. The van der Waals surface area contributed by atoms with Crippen molar-refractivity contribution in [2.75, 3.05) is 0 Å². The third-order valence-electron chi connectivity index (χ3n) is 4.48. The second-order valence-electron chi connectivity index (χ2n) is 7.91. The van der Waals surface area contributed by atoms with Crippen LogP contribution in [0.1, 0.15) is 38.8 Å². The minimum absolute atomic E-state index is 0.155. The van der Waals surface area contributed by atoms with E-state index in [1.807, 2.05) is 51.4 Å². The largest absolute Gasteiger partial charge is 0.591 e. The monoisotopic (exact) mass is 399 g/mol. The molecular formula is C20H25N5O2S. The lowest BCUT2D eigenvalue weighted by molar-refractivity contribution is 0.561. The van der Waals surface area contributed by atoms with Gasteiger partial charge in [-0.05, 0) is 52.3 Å². The number of hydrogen-bond donors (Lipinski definition) is 0. The Morgan fingerprint density at radius 2 is 1.89 bits per heavy atom. The molecule has 148 valence electrons. The van der Waals surface area contributed by atoms with Crippen molar-refractivity contribution in [2.24, 2.45) is 18.5 Å². The van der Waals surface area contributed by atoms with Crippen LogP contribution in [0.5, 0.6) is 0 Å². The van der Waals surface area contributed by atoms with Crippen molar-refractivity contribution in [3.05, 3.63) is 46.0 Å². The molecule has 3 aromatic rings. The van der Waals surface area contributed by atoms with Crippen molar-refractivity contribution in [1.82, 2.24) is 19.1 Å². The first kappa shape index (κ1) is 20.3. The highest BCUT2D eigenvalue weighted by Crippen LogP contribution is 2.24. The highest BCUT2D eigenvalue weighted by atomic mass is 32.2. The lowest BCUT2D eigenvalue weighted by Crippen LogP contribution is -2.27. The van der Waals surface area contributed by atoms with Gasteiger partial charge in [-0.3, -0.25) is 9.36 Å². The van der Waals surface area contributed by atoms with Gasteiger partial charge >= 0.3 is 0 Å². The topological polar surface area (TPSA) is 88.1 Å². The molecule has 0 bridgehead atoms. The van der Waals surface area contributed by atoms with Crippen molar-refractivity contribution in [2.45, 2.75) is 39.4 Å². The van der Waals surface area contributed by atoms with E-state index in [9.17, 15) is 9.35 Å². The minimum atomic E-state index is -1.41. The van der Waals surface area contributed by atoms with Gasteiger partial charge in [0.1, 0.15) is 16.1 Å². The van der Waals surface area contributed by atoms with E-state index in [0.717, 1.165) is 5.56 Å². The van der Waals surface area contributed by atoms with Gasteiger partial charge in [-0.1, -0.05) is 4.40 Å². The van der Waals surface area contributed by atoms with Crippen LogP contribution in [0.2, 0.25) is 0 Å². The molecule has 0 saturated heterocycles. The number of imidazole rings is 1. The van der Waals surface area contributed by atoms with Crippen LogP contribution in [0, 0.1) is 6.92 Å². The minimum Gasteiger partial charge on any atom is -0.591 e. The first-order valence-electron chi connectivity index (χ1n) is 8.97. The highest BCUT2D eigenvalue weighted by molar-refractivity contribution is 7.91. The third kappa shape index (κ3) is 3.62. The van der Waals surface area contributed by atoms with Crippen molar-refractivity contribution in [1.29, 1.82) is 0 Å². The first-order valence-corrected chi connectivity index (χ1v) is 10.1. The second kappa shape index (κ2) is 7.18. The molecule has 8 heteroatoms. The first-order chi connectivity index (χ1) is 13.0. The molecule has 0 unspecified atom stereocenters. The Morgan fingerprint density at radius 1 is 1.21 bits per heavy atom. The van der Waals surface area contributed by atoms with E-state index in [0.29, 0.717) is 33.8 Å². The van der Waals surface area contributed by atoms with Crippen molar-refractivity contribution < 1.29 is 4.55 Å². The summed E-state index contributed by atoms with van der Waals surface area (Å²) in [6.07, 6.45) is 3.47. The summed E-state index contributed by atoms with van der Waals surface area (Å²) in [5.74, 6) is 1.07. The number of rotatable bonds is 3. The summed E-state index contributed by atoms with van der Waals surface area (Å²) < 4.78 is 19.8. The van der Waals surface area contributed by atoms with Crippen molar-refractivity contribution in [3.8, 4) is 11.6 Å². The molecule has 3 rings (SSSR count). The molecule has 0 aliphatic rings. The summed E-state index contributed by atoms with van der Waals surface area (Å²) >= 11 is -1.41. The fraction of sp³-hybridized carbons (Fsp3) is 0.400. The van der Waals surface area contributed by atoms with Gasteiger partial charge in [0.25, 0.3) is 5.56 Å². The van der Waals surface area contributed by atoms with Crippen LogP contribution >= 0.6 is 0 Å². The number of aryl methyl sites for hydroxylation is 2. The normalized spacial score (nSPS) is 13.9. The molecule has 1 aromatic carbocycles. The predicted molar refractivity (Wildman–Crippen MR) is 114 cm³/mol. The Balaban J connectivity index is 2.33. The van der Waals surface area contributed by atoms with Gasteiger partial charge < -0.3 is 9.12 Å². The fourth-order valence-electron chi connectivity index (χ4n) is 2.89. The Kier molecular flexibility index (Phi) is 5.20. The van der Waals surface area contributed by atoms with Gasteiger partial charge in [0.15, 0.2) is 11.6 Å². The SMILES string of the molecule is C/C(=N/[S@+]([O-])C(C)(C)C)c1cc(C)cc2c(=O)n(C)c(-c3nccn3C)nc12. The van der Waals surface area contributed by atoms with Gasteiger partial charge in [0.05, 0.1) is 16.6 Å². The van der Waals surface area contributed by atoms with Crippen molar-refractivity contribution >= 4 is 28.0 Å². The number of fused-ring (bicyclic) bond motifs is 1. The van der Waals surface area contributed by atoms with Gasteiger partial charge in [0.2, 0.25) is 0 Å². The summed E-state index contributed by atoms with van der Waals surface area (Å²) in [4.78, 5) is 22.1. The number of hydrogen-bond acceptors (Lipinski definition) is 5. The second-order valence-corrected chi connectivity index (χ2v) is 9.81. The third-order valence-corrected chi connectivity index (χ3v) is 5.97. The Bertz CT molecular complexity index is 1140. The maximum Gasteiger partial charge on any atom is 0.261 e. The zero-order chi connectivity index (χ0) is 20.8. The zero-order valence-corrected chi connectivity index (χ0v) is 18.1. The Morgan fingerprint density at radius 3 is 2.46 bits per heavy atom. The molecule has 0 saturated carbocycles. The van der Waals surface area contributed by atoms with E-state index in [-0.39, 0.29) is 5.56 Å². The molecule has 28 heavy (non-hydrogen) atoms. The summed E-state index contributed by atoms with van der Waals surface area (Å²) in [6.45, 7) is 9.35. The molecule has 2 aromatic heterocycles. The molecule has 0 radical (unpaired) electrons. The lowest BCUT2D eigenvalue weighted by atomic mass is 10.0. The van der Waals surface area contributed by atoms with Gasteiger partial charge in [-0.15, -0.1) is 0 Å². The molecule has 1 atom stereocenters. The molecule has 0 spiro atoms. The summed E-state index contributed by atoms with van der Waals surface area (Å²) in [6, 6.07) is 3.75. The molecular weight excluding hydrogens is 374 g/mol. The summed E-state index contributed by atoms with van der Waals surface area (Å²) in [5, 5.41) is 0.506. The molecule has 0 aliphatic heterocycles. The smallest absolute Gasteiger partial charge is 0.261 e. The van der Waals surface area contributed by atoms with Crippen LogP contribution in [0.4, 0.5) is 0 Å². The number of benzene rings is 1. The summed E-state index contributed by atoms with van der Waals surface area (Å²) in [7, 11) is 3.55. The van der Waals surface area contributed by atoms with Gasteiger partial charge in [0, 0.05) is 32.1 Å². The average molecular weight is 400 g/mol. The number of nitrogens with zero attached hydrogens (tertiary/aromatic N) is 5. The molecule has 0 N–H and O–H groups in total. The molecule has 0 fully saturated rings. The van der Waals surface area contributed by atoms with Gasteiger partial charge in [-0.2, -0.15) is 0 Å². The quantitative estimate of drug-likeness (QED) is 0.500.